The molecule has 1 rings (SSSR count). The van der Waals surface area contributed by atoms with Crippen molar-refractivity contribution >= 4 is 37.5 Å². The van der Waals surface area contributed by atoms with Gasteiger partial charge in [0.25, 0.3) is 0 Å². The standard InChI is InChI=1S/C6H5Br2N3O2/c1-2-3-10-6(8)4(11(12)13)5(7)9-10/h2H,1,3H2. The first-order chi connectivity index (χ1) is 6.07. The highest BCUT2D eigenvalue weighted by Crippen LogP contribution is 2.32. The molecule has 1 heterocycles. The molecule has 70 valence electrons. The summed E-state index contributed by atoms with van der Waals surface area (Å²) in [5.74, 6) is 0. The van der Waals surface area contributed by atoms with Gasteiger partial charge in [0.15, 0.2) is 4.60 Å². The van der Waals surface area contributed by atoms with Crippen LogP contribution >= 0.6 is 31.9 Å². The Morgan fingerprint density at radius 3 is 2.69 bits per heavy atom. The van der Waals surface area contributed by atoms with Crippen LogP contribution in [0.2, 0.25) is 0 Å². The number of rotatable bonds is 3. The summed E-state index contributed by atoms with van der Waals surface area (Å²) in [6, 6.07) is 0. The van der Waals surface area contributed by atoms with E-state index >= 15 is 0 Å². The zero-order valence-electron chi connectivity index (χ0n) is 6.41. The molecule has 7 heteroatoms. The van der Waals surface area contributed by atoms with Crippen LogP contribution in [0.25, 0.3) is 0 Å². The van der Waals surface area contributed by atoms with Crippen molar-refractivity contribution in [2.75, 3.05) is 0 Å². The maximum atomic E-state index is 10.5. The van der Waals surface area contributed by atoms with Crippen LogP contribution in [0.15, 0.2) is 21.9 Å². The molecule has 0 atom stereocenters. The minimum absolute atomic E-state index is 0.0677. The smallest absolute Gasteiger partial charge is 0.258 e. The maximum Gasteiger partial charge on any atom is 0.335 e. The largest absolute Gasteiger partial charge is 0.335 e. The zero-order valence-corrected chi connectivity index (χ0v) is 9.58. The molecule has 13 heavy (non-hydrogen) atoms. The molecule has 0 N–H and O–H groups in total. The number of allylic oxidation sites excluding steroid dienone is 1. The molecule has 0 aromatic carbocycles. The minimum atomic E-state index is -0.499. The third-order valence-corrected chi connectivity index (χ3v) is 2.63. The summed E-state index contributed by atoms with van der Waals surface area (Å²) < 4.78 is 1.99. The molecular weight excluding hydrogens is 306 g/mol. The average molecular weight is 311 g/mol. The van der Waals surface area contributed by atoms with Gasteiger partial charge in [-0.2, -0.15) is 5.10 Å². The van der Waals surface area contributed by atoms with Crippen LogP contribution in [0.5, 0.6) is 0 Å². The second-order valence-electron chi connectivity index (χ2n) is 2.16. The van der Waals surface area contributed by atoms with E-state index < -0.39 is 4.92 Å². The van der Waals surface area contributed by atoms with Crippen molar-refractivity contribution in [3.8, 4) is 0 Å². The lowest BCUT2D eigenvalue weighted by Crippen LogP contribution is -1.97. The topological polar surface area (TPSA) is 61.0 Å². The van der Waals surface area contributed by atoms with Crippen molar-refractivity contribution in [2.24, 2.45) is 0 Å². The lowest BCUT2D eigenvalue weighted by Gasteiger charge is -1.94. The van der Waals surface area contributed by atoms with E-state index in [1.54, 1.807) is 6.08 Å². The fraction of sp³-hybridized carbons (Fsp3) is 0.167. The number of halogens is 2. The van der Waals surface area contributed by atoms with E-state index in [1.165, 1.54) is 4.68 Å². The van der Waals surface area contributed by atoms with E-state index in [1.807, 2.05) is 0 Å². The molecule has 0 amide bonds. The molecule has 0 fully saturated rings. The van der Waals surface area contributed by atoms with E-state index in [9.17, 15) is 10.1 Å². The lowest BCUT2D eigenvalue weighted by atomic mass is 10.6. The molecule has 0 saturated heterocycles. The van der Waals surface area contributed by atoms with E-state index in [0.717, 1.165) is 0 Å². The van der Waals surface area contributed by atoms with E-state index in [2.05, 4.69) is 43.5 Å². The summed E-state index contributed by atoms with van der Waals surface area (Å²) >= 11 is 6.09. The highest BCUT2D eigenvalue weighted by molar-refractivity contribution is 9.11. The Morgan fingerprint density at radius 2 is 2.31 bits per heavy atom. The Bertz CT molecular complexity index is 361. The Kier molecular flexibility index (Phi) is 3.21. The normalized spacial score (nSPS) is 10.0. The van der Waals surface area contributed by atoms with Crippen molar-refractivity contribution in [1.29, 1.82) is 0 Å². The Morgan fingerprint density at radius 1 is 1.69 bits per heavy atom. The van der Waals surface area contributed by atoms with Gasteiger partial charge < -0.3 is 0 Å². The molecule has 0 aliphatic heterocycles. The van der Waals surface area contributed by atoms with E-state index in [-0.39, 0.29) is 10.3 Å². The van der Waals surface area contributed by atoms with Crippen LogP contribution in [0.4, 0.5) is 5.69 Å². The predicted molar refractivity (Wildman–Crippen MR) is 54.5 cm³/mol. The van der Waals surface area contributed by atoms with Gasteiger partial charge in [-0.1, -0.05) is 6.08 Å². The number of hydrogen-bond acceptors (Lipinski definition) is 3. The molecule has 0 unspecified atom stereocenters. The number of hydrogen-bond donors (Lipinski definition) is 0. The Balaban J connectivity index is 3.21. The van der Waals surface area contributed by atoms with Crippen LogP contribution in [-0.4, -0.2) is 14.7 Å². The van der Waals surface area contributed by atoms with Crippen molar-refractivity contribution < 1.29 is 4.92 Å². The summed E-state index contributed by atoms with van der Waals surface area (Å²) in [6.45, 7) is 3.94. The number of nitro groups is 1. The highest BCUT2D eigenvalue weighted by Gasteiger charge is 2.23. The summed E-state index contributed by atoms with van der Waals surface area (Å²) in [7, 11) is 0. The van der Waals surface area contributed by atoms with Gasteiger partial charge in [-0.15, -0.1) is 6.58 Å². The zero-order chi connectivity index (χ0) is 10.0. The first kappa shape index (κ1) is 10.4. The van der Waals surface area contributed by atoms with Crippen LogP contribution in [0, 0.1) is 10.1 Å². The van der Waals surface area contributed by atoms with Crippen LogP contribution in [-0.2, 0) is 6.54 Å². The van der Waals surface area contributed by atoms with Crippen LogP contribution < -0.4 is 0 Å². The first-order valence-corrected chi connectivity index (χ1v) is 4.83. The van der Waals surface area contributed by atoms with Gasteiger partial charge in [0.1, 0.15) is 0 Å². The molecular formula is C6H5Br2N3O2. The maximum absolute atomic E-state index is 10.5. The van der Waals surface area contributed by atoms with Gasteiger partial charge in [-0.05, 0) is 31.9 Å². The van der Waals surface area contributed by atoms with E-state index in [0.29, 0.717) is 11.1 Å². The van der Waals surface area contributed by atoms with E-state index in [4.69, 9.17) is 0 Å². The van der Waals surface area contributed by atoms with Crippen LogP contribution in [0.1, 0.15) is 0 Å². The fourth-order valence-corrected chi connectivity index (χ4v) is 2.15. The molecule has 0 spiro atoms. The van der Waals surface area contributed by atoms with Gasteiger partial charge in [0.2, 0.25) is 4.60 Å². The summed E-state index contributed by atoms with van der Waals surface area (Å²) in [6.07, 6.45) is 1.61. The molecule has 0 aliphatic carbocycles. The van der Waals surface area contributed by atoms with Gasteiger partial charge in [0, 0.05) is 0 Å². The monoisotopic (exact) mass is 309 g/mol. The quantitative estimate of drug-likeness (QED) is 0.489. The Labute approximate surface area is 90.8 Å². The fourth-order valence-electron chi connectivity index (χ4n) is 0.799. The van der Waals surface area contributed by atoms with Gasteiger partial charge >= 0.3 is 5.69 Å². The molecule has 1 aromatic heterocycles. The minimum Gasteiger partial charge on any atom is -0.258 e. The molecule has 0 bridgehead atoms. The SMILES string of the molecule is C=CCn1nc(Br)c([N+](=O)[O-])c1Br. The van der Waals surface area contributed by atoms with Gasteiger partial charge in [-0.25, -0.2) is 4.68 Å². The number of aromatic nitrogens is 2. The summed E-state index contributed by atoms with van der Waals surface area (Å²) in [4.78, 5) is 10.0. The Hall–Kier alpha value is -0.690. The van der Waals surface area contributed by atoms with Crippen LogP contribution in [0.3, 0.4) is 0 Å². The van der Waals surface area contributed by atoms with Gasteiger partial charge in [0.05, 0.1) is 11.5 Å². The molecule has 0 saturated carbocycles. The summed E-state index contributed by atoms with van der Waals surface area (Å²) in [5.41, 5.74) is -0.0677. The number of nitrogens with zero attached hydrogens (tertiary/aromatic N) is 3. The predicted octanol–water partition coefficient (Wildman–Crippen LogP) is 2.50. The first-order valence-electron chi connectivity index (χ1n) is 3.25. The lowest BCUT2D eigenvalue weighted by molar-refractivity contribution is -0.386. The second kappa shape index (κ2) is 4.01. The highest BCUT2D eigenvalue weighted by atomic mass is 79.9. The average Bonchev–Trinajstić information content (AvgIpc) is 2.28. The molecule has 5 nitrogen and oxygen atoms in total. The molecule has 0 radical (unpaired) electrons. The summed E-state index contributed by atoms with van der Waals surface area (Å²) in [5, 5.41) is 14.4. The van der Waals surface area contributed by atoms with Gasteiger partial charge in [-0.3, -0.25) is 10.1 Å². The molecule has 1 aromatic rings. The third-order valence-electron chi connectivity index (χ3n) is 1.31. The van der Waals surface area contributed by atoms with Crippen molar-refractivity contribution in [2.45, 2.75) is 6.54 Å². The van der Waals surface area contributed by atoms with Crippen molar-refractivity contribution in [3.05, 3.63) is 32.0 Å². The molecule has 0 aliphatic rings. The van der Waals surface area contributed by atoms with Crippen molar-refractivity contribution in [3.63, 3.8) is 0 Å². The second-order valence-corrected chi connectivity index (χ2v) is 3.66. The van der Waals surface area contributed by atoms with Crippen molar-refractivity contribution in [1.82, 2.24) is 9.78 Å². The third kappa shape index (κ3) is 1.97.